The highest BCUT2D eigenvalue weighted by Crippen LogP contribution is 2.53. The fraction of sp³-hybridized carbons (Fsp3) is 0.500. The molecule has 0 atom stereocenters. The van der Waals surface area contributed by atoms with Crippen molar-refractivity contribution in [2.45, 2.75) is 27.7 Å². The Morgan fingerprint density at radius 3 is 1.19 bits per heavy atom. The van der Waals surface area contributed by atoms with E-state index < -0.39 is 0 Å². The minimum absolute atomic E-state index is 0.250. The molecule has 0 unspecified atom stereocenters. The summed E-state index contributed by atoms with van der Waals surface area (Å²) in [6.07, 6.45) is 18.1. The van der Waals surface area contributed by atoms with Crippen molar-refractivity contribution in [2.24, 2.45) is 22.7 Å². The maximum atomic E-state index is 2.42. The lowest BCUT2D eigenvalue weighted by molar-refractivity contribution is 0.0493. The molecule has 2 rings (SSSR count). The van der Waals surface area contributed by atoms with Crippen LogP contribution >= 0.6 is 0 Å². The summed E-state index contributed by atoms with van der Waals surface area (Å²) in [5.74, 6) is 1.09. The van der Waals surface area contributed by atoms with E-state index in [0.717, 1.165) is 0 Å². The van der Waals surface area contributed by atoms with Gasteiger partial charge in [0, 0.05) is 11.8 Å². The van der Waals surface area contributed by atoms with Crippen molar-refractivity contribution in [2.75, 3.05) is 0 Å². The van der Waals surface area contributed by atoms with Gasteiger partial charge in [0.15, 0.2) is 0 Å². The third-order valence-corrected chi connectivity index (χ3v) is 4.50. The minimum Gasteiger partial charge on any atom is -0.0770 e. The summed E-state index contributed by atoms with van der Waals surface area (Å²) in [5.41, 5.74) is 0.528. The lowest BCUT2D eigenvalue weighted by Gasteiger charge is -2.48. The molecule has 0 saturated carbocycles. The fourth-order valence-electron chi connectivity index (χ4n) is 2.89. The predicted octanol–water partition coefficient (Wildman–Crippen LogP) is 4.52. The van der Waals surface area contributed by atoms with Gasteiger partial charge in [0.1, 0.15) is 0 Å². The molecular formula is C16H22. The van der Waals surface area contributed by atoms with E-state index in [4.69, 9.17) is 0 Å². The molecule has 0 amide bonds. The van der Waals surface area contributed by atoms with E-state index in [1.165, 1.54) is 0 Å². The first-order valence-corrected chi connectivity index (χ1v) is 6.16. The Morgan fingerprint density at radius 1 is 0.625 bits per heavy atom. The van der Waals surface area contributed by atoms with E-state index >= 15 is 0 Å². The highest BCUT2D eigenvalue weighted by molar-refractivity contribution is 5.29. The van der Waals surface area contributed by atoms with Crippen LogP contribution in [0, 0.1) is 22.7 Å². The van der Waals surface area contributed by atoms with Gasteiger partial charge in [-0.3, -0.25) is 0 Å². The van der Waals surface area contributed by atoms with E-state index in [1.807, 2.05) is 0 Å². The minimum atomic E-state index is 0.250. The van der Waals surface area contributed by atoms with Crippen molar-refractivity contribution in [3.05, 3.63) is 48.6 Å². The molecule has 0 spiro atoms. The van der Waals surface area contributed by atoms with Gasteiger partial charge in [-0.2, -0.15) is 0 Å². The summed E-state index contributed by atoms with van der Waals surface area (Å²) < 4.78 is 0. The predicted molar refractivity (Wildman–Crippen MR) is 71.1 cm³/mol. The van der Waals surface area contributed by atoms with Crippen LogP contribution in [-0.4, -0.2) is 0 Å². The van der Waals surface area contributed by atoms with Crippen LogP contribution in [0.4, 0.5) is 0 Å². The highest BCUT2D eigenvalue weighted by atomic mass is 14.5. The number of hydrogen-bond donors (Lipinski definition) is 0. The molecule has 0 radical (unpaired) electrons. The molecule has 0 aromatic carbocycles. The normalized spacial score (nSPS) is 21.5. The third kappa shape index (κ3) is 1.61. The zero-order valence-corrected chi connectivity index (χ0v) is 10.8. The second-order valence-electron chi connectivity index (χ2n) is 6.12. The van der Waals surface area contributed by atoms with Crippen LogP contribution in [0.5, 0.6) is 0 Å². The van der Waals surface area contributed by atoms with Crippen molar-refractivity contribution in [3.8, 4) is 0 Å². The van der Waals surface area contributed by atoms with Crippen molar-refractivity contribution < 1.29 is 0 Å². The number of rotatable bonds is 2. The lowest BCUT2D eigenvalue weighted by Crippen LogP contribution is -2.43. The first-order valence-electron chi connectivity index (χ1n) is 6.16. The number of hydrogen-bond acceptors (Lipinski definition) is 0. The molecule has 2 aliphatic carbocycles. The molecule has 0 aromatic heterocycles. The van der Waals surface area contributed by atoms with Crippen LogP contribution in [0.3, 0.4) is 0 Å². The van der Waals surface area contributed by atoms with Gasteiger partial charge in [-0.25, -0.2) is 0 Å². The van der Waals surface area contributed by atoms with Crippen molar-refractivity contribution >= 4 is 0 Å². The van der Waals surface area contributed by atoms with Gasteiger partial charge in [-0.15, -0.1) is 0 Å². The molecule has 0 bridgehead atoms. The Hall–Kier alpha value is -1.04. The van der Waals surface area contributed by atoms with Gasteiger partial charge in [-0.05, 0) is 10.8 Å². The quantitative estimate of drug-likeness (QED) is 0.634. The number of allylic oxidation sites excluding steroid dienone is 8. The molecule has 0 heteroatoms. The molecule has 0 N–H and O–H groups in total. The Labute approximate surface area is 99.4 Å². The topological polar surface area (TPSA) is 0 Å². The summed E-state index contributed by atoms with van der Waals surface area (Å²) in [6.45, 7) is 9.48. The summed E-state index contributed by atoms with van der Waals surface area (Å²) >= 11 is 0. The molecular weight excluding hydrogens is 192 g/mol. The average molecular weight is 214 g/mol. The molecule has 0 saturated heterocycles. The molecule has 86 valence electrons. The Bertz CT molecular complexity index is 319. The second kappa shape index (κ2) is 3.76. The van der Waals surface area contributed by atoms with Crippen LogP contribution in [0.25, 0.3) is 0 Å². The Kier molecular flexibility index (Phi) is 2.69. The first-order chi connectivity index (χ1) is 7.46. The maximum absolute atomic E-state index is 2.42. The van der Waals surface area contributed by atoms with Crippen LogP contribution < -0.4 is 0 Å². The molecule has 0 nitrogen and oxygen atoms in total. The van der Waals surface area contributed by atoms with E-state index in [2.05, 4.69) is 76.3 Å². The van der Waals surface area contributed by atoms with Crippen LogP contribution in [0.15, 0.2) is 48.6 Å². The summed E-state index contributed by atoms with van der Waals surface area (Å²) in [7, 11) is 0. The summed E-state index contributed by atoms with van der Waals surface area (Å²) in [4.78, 5) is 0. The van der Waals surface area contributed by atoms with Crippen molar-refractivity contribution in [1.29, 1.82) is 0 Å². The van der Waals surface area contributed by atoms with Gasteiger partial charge in [-0.1, -0.05) is 76.3 Å². The van der Waals surface area contributed by atoms with Gasteiger partial charge < -0.3 is 0 Å². The fourth-order valence-corrected chi connectivity index (χ4v) is 2.89. The largest absolute Gasteiger partial charge is 0.0770 e. The first kappa shape index (κ1) is 11.4. The van der Waals surface area contributed by atoms with E-state index in [9.17, 15) is 0 Å². The standard InChI is InChI=1S/C16H22/c1-15(2,3)16(4,13-9-5-6-10-13)14-11-7-8-12-14/h5-14H,1-4H3. The molecule has 0 aliphatic heterocycles. The monoisotopic (exact) mass is 214 g/mol. The summed E-state index contributed by atoms with van der Waals surface area (Å²) in [6, 6.07) is 0. The van der Waals surface area contributed by atoms with E-state index in [1.54, 1.807) is 0 Å². The molecule has 0 aromatic rings. The second-order valence-corrected chi connectivity index (χ2v) is 6.12. The van der Waals surface area contributed by atoms with Crippen LogP contribution in [0.2, 0.25) is 0 Å². The molecule has 0 heterocycles. The average Bonchev–Trinajstić information content (AvgIpc) is 2.88. The Morgan fingerprint density at radius 2 is 0.938 bits per heavy atom. The van der Waals surface area contributed by atoms with Crippen LogP contribution in [-0.2, 0) is 0 Å². The van der Waals surface area contributed by atoms with Gasteiger partial charge in [0.2, 0.25) is 0 Å². The van der Waals surface area contributed by atoms with Crippen molar-refractivity contribution in [1.82, 2.24) is 0 Å². The van der Waals surface area contributed by atoms with Gasteiger partial charge >= 0.3 is 0 Å². The highest BCUT2D eigenvalue weighted by Gasteiger charge is 2.46. The third-order valence-electron chi connectivity index (χ3n) is 4.50. The van der Waals surface area contributed by atoms with E-state index in [-0.39, 0.29) is 10.8 Å². The zero-order valence-electron chi connectivity index (χ0n) is 10.8. The Balaban J connectivity index is 2.40. The van der Waals surface area contributed by atoms with E-state index in [0.29, 0.717) is 11.8 Å². The summed E-state index contributed by atoms with van der Waals surface area (Å²) in [5, 5.41) is 0. The smallest absolute Gasteiger partial charge is 0.00203 e. The zero-order chi connectivity index (χ0) is 11.8. The lowest BCUT2D eigenvalue weighted by atomic mass is 9.55. The van der Waals surface area contributed by atoms with Gasteiger partial charge in [0.05, 0.1) is 0 Å². The molecule has 0 fully saturated rings. The van der Waals surface area contributed by atoms with Crippen LogP contribution in [0.1, 0.15) is 27.7 Å². The maximum Gasteiger partial charge on any atom is 0.00203 e. The van der Waals surface area contributed by atoms with Gasteiger partial charge in [0.25, 0.3) is 0 Å². The SMILES string of the molecule is CC(C)(C)C(C)(C1C=CC=C1)C1C=CC=C1. The van der Waals surface area contributed by atoms with Crippen molar-refractivity contribution in [3.63, 3.8) is 0 Å². The molecule has 16 heavy (non-hydrogen) atoms. The molecule has 2 aliphatic rings.